The number of esters is 1. The lowest BCUT2D eigenvalue weighted by Gasteiger charge is -2.22. The summed E-state index contributed by atoms with van der Waals surface area (Å²) in [7, 11) is 1.34. The average Bonchev–Trinajstić information content (AvgIpc) is 2.72. The largest absolute Gasteiger partial charge is 0.464 e. The number of anilines is 1. The molecule has 0 bridgehead atoms. The van der Waals surface area contributed by atoms with Crippen molar-refractivity contribution in [2.24, 2.45) is 0 Å². The maximum absolute atomic E-state index is 11.4. The number of nitrogens with one attached hydrogen (secondary N) is 2. The van der Waals surface area contributed by atoms with Crippen molar-refractivity contribution in [1.82, 2.24) is 10.3 Å². The fraction of sp³-hybridized carbons (Fsp3) is 0.545. The van der Waals surface area contributed by atoms with Crippen molar-refractivity contribution in [2.45, 2.75) is 25.8 Å². The van der Waals surface area contributed by atoms with Crippen LogP contribution in [-0.2, 0) is 9.53 Å². The zero-order chi connectivity index (χ0) is 13.1. The zero-order valence-electron chi connectivity index (χ0n) is 10.3. The molecule has 1 fully saturated rings. The summed E-state index contributed by atoms with van der Waals surface area (Å²) in [4.78, 5) is 27.5. The van der Waals surface area contributed by atoms with Crippen LogP contribution in [0.15, 0.2) is 0 Å². The molecule has 0 spiro atoms. The quantitative estimate of drug-likeness (QED) is 0.798. The first-order chi connectivity index (χ1) is 8.60. The van der Waals surface area contributed by atoms with Gasteiger partial charge in [0.05, 0.1) is 7.11 Å². The van der Waals surface area contributed by atoms with Gasteiger partial charge in [-0.1, -0.05) is 0 Å². The number of thiazole rings is 1. The fourth-order valence-electron chi connectivity index (χ4n) is 1.77. The summed E-state index contributed by atoms with van der Waals surface area (Å²) < 4.78 is 4.65. The van der Waals surface area contributed by atoms with Crippen LogP contribution in [-0.4, -0.2) is 36.6 Å². The third-order valence-corrected chi connectivity index (χ3v) is 3.67. The van der Waals surface area contributed by atoms with Crippen LogP contribution in [0.1, 0.15) is 28.2 Å². The monoisotopic (exact) mass is 269 g/mol. The SMILES string of the molecule is COC(=O)c1nc(NC2CCC(=O)NC2)sc1C. The van der Waals surface area contributed by atoms with E-state index in [0.29, 0.717) is 23.8 Å². The number of aromatic nitrogens is 1. The Balaban J connectivity index is 2.02. The van der Waals surface area contributed by atoms with Crippen LogP contribution in [0.4, 0.5) is 5.13 Å². The van der Waals surface area contributed by atoms with Gasteiger partial charge in [-0.05, 0) is 13.3 Å². The van der Waals surface area contributed by atoms with Crippen molar-refractivity contribution in [3.05, 3.63) is 10.6 Å². The molecule has 1 atom stereocenters. The molecule has 0 aromatic carbocycles. The summed E-state index contributed by atoms with van der Waals surface area (Å²) in [5.41, 5.74) is 0.352. The molecule has 1 aliphatic rings. The number of hydrogen-bond acceptors (Lipinski definition) is 6. The summed E-state index contributed by atoms with van der Waals surface area (Å²) in [5.74, 6) is -0.340. The van der Waals surface area contributed by atoms with Gasteiger partial charge in [-0.2, -0.15) is 0 Å². The lowest BCUT2D eigenvalue weighted by molar-refractivity contribution is -0.122. The van der Waals surface area contributed by atoms with Gasteiger partial charge in [0, 0.05) is 23.9 Å². The van der Waals surface area contributed by atoms with E-state index in [1.807, 2.05) is 6.92 Å². The molecule has 18 heavy (non-hydrogen) atoms. The Bertz CT molecular complexity index is 462. The van der Waals surface area contributed by atoms with Gasteiger partial charge in [0.15, 0.2) is 10.8 Å². The normalized spacial score (nSPS) is 19.2. The smallest absolute Gasteiger partial charge is 0.357 e. The van der Waals surface area contributed by atoms with Crippen LogP contribution in [0.2, 0.25) is 0 Å². The van der Waals surface area contributed by atoms with Crippen LogP contribution < -0.4 is 10.6 Å². The number of nitrogens with zero attached hydrogens (tertiary/aromatic N) is 1. The van der Waals surface area contributed by atoms with Crippen molar-refractivity contribution >= 4 is 28.3 Å². The highest BCUT2D eigenvalue weighted by atomic mass is 32.1. The summed E-state index contributed by atoms with van der Waals surface area (Å²) >= 11 is 1.42. The molecule has 1 unspecified atom stereocenters. The highest BCUT2D eigenvalue weighted by molar-refractivity contribution is 7.15. The van der Waals surface area contributed by atoms with Crippen LogP contribution in [0.25, 0.3) is 0 Å². The molecule has 0 radical (unpaired) electrons. The summed E-state index contributed by atoms with van der Waals surface area (Å²) in [6.07, 6.45) is 1.30. The van der Waals surface area contributed by atoms with Crippen molar-refractivity contribution in [2.75, 3.05) is 19.0 Å². The third-order valence-electron chi connectivity index (χ3n) is 2.77. The molecule has 2 heterocycles. The van der Waals surface area contributed by atoms with E-state index in [0.717, 1.165) is 11.3 Å². The molecule has 1 saturated heterocycles. The molecule has 1 aromatic rings. The predicted molar refractivity (Wildman–Crippen MR) is 67.8 cm³/mol. The summed E-state index contributed by atoms with van der Waals surface area (Å²) in [6, 6.07) is 0.166. The number of hydrogen-bond donors (Lipinski definition) is 2. The van der Waals surface area contributed by atoms with E-state index in [1.165, 1.54) is 18.4 Å². The number of carbonyl (C=O) groups is 2. The molecule has 1 amide bonds. The number of aryl methyl sites for hydroxylation is 1. The number of methoxy groups -OCH3 is 1. The van der Waals surface area contributed by atoms with E-state index in [2.05, 4.69) is 20.4 Å². The highest BCUT2D eigenvalue weighted by Gasteiger charge is 2.21. The minimum Gasteiger partial charge on any atom is -0.464 e. The van der Waals surface area contributed by atoms with Gasteiger partial charge in [-0.3, -0.25) is 4.79 Å². The van der Waals surface area contributed by atoms with Crippen LogP contribution in [0.5, 0.6) is 0 Å². The summed E-state index contributed by atoms with van der Waals surface area (Å²) in [6.45, 7) is 2.42. The number of carbonyl (C=O) groups excluding carboxylic acids is 2. The number of piperidine rings is 1. The zero-order valence-corrected chi connectivity index (χ0v) is 11.1. The first-order valence-corrected chi connectivity index (χ1v) is 6.50. The lowest BCUT2D eigenvalue weighted by atomic mass is 10.1. The standard InChI is InChI=1S/C11H15N3O3S/c1-6-9(10(16)17-2)14-11(18-6)13-7-3-4-8(15)12-5-7/h7H,3-5H2,1-2H3,(H,12,15)(H,13,14). The van der Waals surface area contributed by atoms with Gasteiger partial charge >= 0.3 is 5.97 Å². The minimum atomic E-state index is -0.422. The van der Waals surface area contributed by atoms with Gasteiger partial charge in [-0.25, -0.2) is 9.78 Å². The molecule has 2 rings (SSSR count). The Morgan fingerprint density at radius 2 is 2.39 bits per heavy atom. The predicted octanol–water partition coefficient (Wildman–Crippen LogP) is 0.929. The minimum absolute atomic E-state index is 0.0821. The number of rotatable bonds is 3. The molecule has 1 aromatic heterocycles. The Kier molecular flexibility index (Phi) is 3.81. The van der Waals surface area contributed by atoms with Crippen molar-refractivity contribution in [3.63, 3.8) is 0 Å². The van der Waals surface area contributed by atoms with Crippen LogP contribution in [0.3, 0.4) is 0 Å². The molecule has 0 saturated carbocycles. The lowest BCUT2D eigenvalue weighted by Crippen LogP contribution is -2.41. The van der Waals surface area contributed by atoms with E-state index in [1.54, 1.807) is 0 Å². The maximum Gasteiger partial charge on any atom is 0.357 e. The van der Waals surface area contributed by atoms with Gasteiger partial charge < -0.3 is 15.4 Å². The Morgan fingerprint density at radius 1 is 1.61 bits per heavy atom. The Hall–Kier alpha value is -1.63. The van der Waals surface area contributed by atoms with Crippen LogP contribution in [0, 0.1) is 6.92 Å². The van der Waals surface area contributed by atoms with Gasteiger partial charge in [-0.15, -0.1) is 11.3 Å². The second-order valence-corrected chi connectivity index (χ2v) is 5.30. The second kappa shape index (κ2) is 5.34. The van der Waals surface area contributed by atoms with Crippen molar-refractivity contribution < 1.29 is 14.3 Å². The van der Waals surface area contributed by atoms with Gasteiger partial charge in [0.2, 0.25) is 5.91 Å². The molecule has 1 aliphatic heterocycles. The molecular weight excluding hydrogens is 254 g/mol. The maximum atomic E-state index is 11.4. The number of amides is 1. The van der Waals surface area contributed by atoms with Crippen LogP contribution >= 0.6 is 11.3 Å². The second-order valence-electron chi connectivity index (χ2n) is 4.10. The topological polar surface area (TPSA) is 80.3 Å². The van der Waals surface area contributed by atoms with Crippen molar-refractivity contribution in [3.8, 4) is 0 Å². The summed E-state index contributed by atoms with van der Waals surface area (Å²) in [5, 5.41) is 6.71. The van der Waals surface area contributed by atoms with E-state index in [-0.39, 0.29) is 11.9 Å². The average molecular weight is 269 g/mol. The fourth-order valence-corrected chi connectivity index (χ4v) is 2.65. The van der Waals surface area contributed by atoms with E-state index in [4.69, 9.17) is 0 Å². The Morgan fingerprint density at radius 3 is 3.00 bits per heavy atom. The Labute approximate surface area is 109 Å². The third kappa shape index (κ3) is 2.79. The van der Waals surface area contributed by atoms with Crippen molar-refractivity contribution in [1.29, 1.82) is 0 Å². The number of ether oxygens (including phenoxy) is 1. The van der Waals surface area contributed by atoms with E-state index in [9.17, 15) is 9.59 Å². The van der Waals surface area contributed by atoms with E-state index >= 15 is 0 Å². The molecule has 98 valence electrons. The van der Waals surface area contributed by atoms with E-state index < -0.39 is 5.97 Å². The van der Waals surface area contributed by atoms with Gasteiger partial charge in [0.25, 0.3) is 0 Å². The molecule has 7 heteroatoms. The molecule has 0 aliphatic carbocycles. The first-order valence-electron chi connectivity index (χ1n) is 5.69. The molecular formula is C11H15N3O3S. The first kappa shape index (κ1) is 12.8. The molecule has 2 N–H and O–H groups in total. The highest BCUT2D eigenvalue weighted by Crippen LogP contribution is 2.24. The van der Waals surface area contributed by atoms with Gasteiger partial charge in [0.1, 0.15) is 0 Å². The molecule has 6 nitrogen and oxygen atoms in total.